The zero-order valence-electron chi connectivity index (χ0n) is 9.98. The van der Waals surface area contributed by atoms with Crippen molar-refractivity contribution in [1.29, 1.82) is 0 Å². The molecule has 0 bridgehead atoms. The summed E-state index contributed by atoms with van der Waals surface area (Å²) in [4.78, 5) is 0. The van der Waals surface area contributed by atoms with Crippen molar-refractivity contribution < 1.29 is 0 Å². The van der Waals surface area contributed by atoms with Crippen molar-refractivity contribution in [3.63, 3.8) is 0 Å². The molecule has 1 aliphatic rings. The quantitative estimate of drug-likeness (QED) is 0.627. The van der Waals surface area contributed by atoms with Crippen LogP contribution >= 0.6 is 0 Å². The van der Waals surface area contributed by atoms with Crippen molar-refractivity contribution >= 4 is 0 Å². The predicted molar refractivity (Wildman–Crippen MR) is 61.3 cm³/mol. The molecule has 0 unspecified atom stereocenters. The first-order valence-corrected chi connectivity index (χ1v) is 5.54. The van der Waals surface area contributed by atoms with Crippen molar-refractivity contribution in [1.82, 2.24) is 10.6 Å². The normalized spacial score (nSPS) is 25.1. The van der Waals surface area contributed by atoms with Crippen LogP contribution in [0, 0.1) is 5.41 Å². The molecule has 0 aromatic carbocycles. The van der Waals surface area contributed by atoms with Gasteiger partial charge in [-0.1, -0.05) is 13.8 Å². The molecule has 0 spiro atoms. The Morgan fingerprint density at radius 3 is 2.29 bits per heavy atom. The van der Waals surface area contributed by atoms with E-state index in [0.717, 1.165) is 26.1 Å². The van der Waals surface area contributed by atoms with Crippen LogP contribution in [-0.2, 0) is 0 Å². The van der Waals surface area contributed by atoms with Crippen LogP contribution in [0.5, 0.6) is 0 Å². The molecule has 0 radical (unpaired) electrons. The summed E-state index contributed by atoms with van der Waals surface area (Å²) in [6, 6.07) is 0.541. The summed E-state index contributed by atoms with van der Waals surface area (Å²) in [6.45, 7) is 12.0. The molecule has 0 amide bonds. The molecule has 3 heteroatoms. The summed E-state index contributed by atoms with van der Waals surface area (Å²) in [5.74, 6) is 0. The molecule has 1 rings (SSSR count). The molecule has 4 N–H and O–H groups in total. The molecule has 0 aromatic rings. The maximum Gasteiger partial charge on any atom is 0.0244 e. The first-order valence-electron chi connectivity index (χ1n) is 5.54. The Labute approximate surface area is 87.8 Å². The van der Waals surface area contributed by atoms with Crippen LogP contribution in [0.25, 0.3) is 0 Å². The Hall–Kier alpha value is -0.120. The molecular weight excluding hydrogens is 174 g/mol. The molecule has 0 aromatic heterocycles. The van der Waals surface area contributed by atoms with Crippen LogP contribution < -0.4 is 16.4 Å². The van der Waals surface area contributed by atoms with E-state index >= 15 is 0 Å². The third kappa shape index (κ3) is 3.56. The Balaban J connectivity index is 2.54. The summed E-state index contributed by atoms with van der Waals surface area (Å²) in [5.41, 5.74) is 6.25. The van der Waals surface area contributed by atoms with E-state index < -0.39 is 0 Å². The van der Waals surface area contributed by atoms with Crippen molar-refractivity contribution in [3.05, 3.63) is 0 Å². The van der Waals surface area contributed by atoms with Gasteiger partial charge in [0.1, 0.15) is 0 Å². The lowest BCUT2D eigenvalue weighted by molar-refractivity contribution is 0.166. The standard InChI is InChI=1S/C11H25N3/c1-10(2,8-11(3,4)12)9-7-13-5-6-14-9/h9,13-14H,5-8,12H2,1-4H3/t9-/m0/s1. The van der Waals surface area contributed by atoms with Gasteiger partial charge in [-0.3, -0.25) is 0 Å². The van der Waals surface area contributed by atoms with Gasteiger partial charge < -0.3 is 16.4 Å². The first-order chi connectivity index (χ1) is 6.31. The Kier molecular flexibility index (Phi) is 3.56. The Bertz CT molecular complexity index is 175. The Morgan fingerprint density at radius 1 is 1.21 bits per heavy atom. The van der Waals surface area contributed by atoms with Gasteiger partial charge in [-0.05, 0) is 25.7 Å². The lowest BCUT2D eigenvalue weighted by atomic mass is 9.74. The highest BCUT2D eigenvalue weighted by Crippen LogP contribution is 2.30. The van der Waals surface area contributed by atoms with Gasteiger partial charge in [-0.2, -0.15) is 0 Å². The number of piperazine rings is 1. The monoisotopic (exact) mass is 199 g/mol. The predicted octanol–water partition coefficient (Wildman–Crippen LogP) is 0.701. The number of nitrogens with two attached hydrogens (primary N) is 1. The van der Waals surface area contributed by atoms with Crippen LogP contribution in [0.1, 0.15) is 34.1 Å². The number of hydrogen-bond donors (Lipinski definition) is 3. The average Bonchev–Trinajstić information content (AvgIpc) is 2.01. The average molecular weight is 199 g/mol. The van der Waals surface area contributed by atoms with Crippen molar-refractivity contribution in [2.45, 2.75) is 45.7 Å². The fraction of sp³-hybridized carbons (Fsp3) is 1.00. The molecule has 1 fully saturated rings. The van der Waals surface area contributed by atoms with Crippen LogP contribution in [0.3, 0.4) is 0 Å². The van der Waals surface area contributed by atoms with E-state index in [1.54, 1.807) is 0 Å². The minimum atomic E-state index is -0.0807. The van der Waals surface area contributed by atoms with Crippen molar-refractivity contribution in [3.8, 4) is 0 Å². The third-order valence-electron chi connectivity index (χ3n) is 2.90. The van der Waals surface area contributed by atoms with E-state index in [4.69, 9.17) is 5.73 Å². The summed E-state index contributed by atoms with van der Waals surface area (Å²) in [7, 11) is 0. The Morgan fingerprint density at radius 2 is 1.86 bits per heavy atom. The van der Waals surface area contributed by atoms with Crippen LogP contribution in [-0.4, -0.2) is 31.2 Å². The topological polar surface area (TPSA) is 50.1 Å². The van der Waals surface area contributed by atoms with E-state index in [1.165, 1.54) is 0 Å². The first kappa shape index (κ1) is 12.0. The van der Waals surface area contributed by atoms with Gasteiger partial charge in [0, 0.05) is 31.2 Å². The highest BCUT2D eigenvalue weighted by molar-refractivity contribution is 4.93. The van der Waals surface area contributed by atoms with Gasteiger partial charge in [0.05, 0.1) is 0 Å². The second kappa shape index (κ2) is 4.17. The fourth-order valence-electron chi connectivity index (χ4n) is 2.50. The SMILES string of the molecule is CC(C)(N)CC(C)(C)[C@@H]1CNCCN1. The zero-order valence-corrected chi connectivity index (χ0v) is 9.98. The molecular formula is C11H25N3. The van der Waals surface area contributed by atoms with Gasteiger partial charge in [-0.15, -0.1) is 0 Å². The molecule has 0 saturated carbocycles. The summed E-state index contributed by atoms with van der Waals surface area (Å²) < 4.78 is 0. The highest BCUT2D eigenvalue weighted by atomic mass is 15.1. The van der Waals surface area contributed by atoms with Gasteiger partial charge in [-0.25, -0.2) is 0 Å². The number of rotatable bonds is 3. The number of hydrogen-bond acceptors (Lipinski definition) is 3. The van der Waals surface area contributed by atoms with Gasteiger partial charge in [0.25, 0.3) is 0 Å². The van der Waals surface area contributed by atoms with Gasteiger partial charge in [0.15, 0.2) is 0 Å². The smallest absolute Gasteiger partial charge is 0.0244 e. The van der Waals surface area contributed by atoms with Crippen molar-refractivity contribution in [2.75, 3.05) is 19.6 Å². The molecule has 1 saturated heterocycles. The van der Waals surface area contributed by atoms with Crippen LogP contribution in [0.2, 0.25) is 0 Å². The lowest BCUT2D eigenvalue weighted by Crippen LogP contribution is -2.57. The minimum Gasteiger partial charge on any atom is -0.326 e. The number of nitrogens with one attached hydrogen (secondary N) is 2. The molecule has 3 nitrogen and oxygen atoms in total. The van der Waals surface area contributed by atoms with E-state index in [2.05, 4.69) is 38.3 Å². The molecule has 0 aliphatic carbocycles. The molecule has 1 atom stereocenters. The largest absolute Gasteiger partial charge is 0.326 e. The van der Waals surface area contributed by atoms with E-state index in [9.17, 15) is 0 Å². The lowest BCUT2D eigenvalue weighted by Gasteiger charge is -2.41. The molecule has 1 aliphatic heterocycles. The van der Waals surface area contributed by atoms with Gasteiger partial charge >= 0.3 is 0 Å². The van der Waals surface area contributed by atoms with Crippen LogP contribution in [0.4, 0.5) is 0 Å². The second-order valence-electron chi connectivity index (χ2n) is 5.86. The fourth-order valence-corrected chi connectivity index (χ4v) is 2.50. The minimum absolute atomic E-state index is 0.0807. The second-order valence-corrected chi connectivity index (χ2v) is 5.86. The van der Waals surface area contributed by atoms with E-state index in [0.29, 0.717) is 6.04 Å². The van der Waals surface area contributed by atoms with E-state index in [-0.39, 0.29) is 11.0 Å². The summed E-state index contributed by atoms with van der Waals surface area (Å²) in [6.07, 6.45) is 1.04. The van der Waals surface area contributed by atoms with Crippen molar-refractivity contribution in [2.24, 2.45) is 11.1 Å². The maximum absolute atomic E-state index is 6.08. The van der Waals surface area contributed by atoms with E-state index in [1.807, 2.05) is 0 Å². The van der Waals surface area contributed by atoms with Crippen LogP contribution in [0.15, 0.2) is 0 Å². The third-order valence-corrected chi connectivity index (χ3v) is 2.90. The zero-order chi connectivity index (χ0) is 10.8. The highest BCUT2D eigenvalue weighted by Gasteiger charge is 2.34. The van der Waals surface area contributed by atoms with Gasteiger partial charge in [0.2, 0.25) is 0 Å². The molecule has 14 heavy (non-hydrogen) atoms. The maximum atomic E-state index is 6.08. The molecule has 84 valence electrons. The summed E-state index contributed by atoms with van der Waals surface area (Å²) >= 11 is 0. The summed E-state index contributed by atoms with van der Waals surface area (Å²) in [5, 5.41) is 6.99. The molecule has 1 heterocycles.